The van der Waals surface area contributed by atoms with E-state index in [1.165, 1.54) is 30.5 Å². The van der Waals surface area contributed by atoms with Crippen LogP contribution < -0.4 is 10.2 Å². The van der Waals surface area contributed by atoms with Crippen LogP contribution in [-0.4, -0.2) is 19.6 Å². The summed E-state index contributed by atoms with van der Waals surface area (Å²) in [6.45, 7) is 1.55. The summed E-state index contributed by atoms with van der Waals surface area (Å²) in [7, 11) is -3.26. The lowest BCUT2D eigenvalue weighted by molar-refractivity contribution is 0.240. The zero-order valence-electron chi connectivity index (χ0n) is 16.3. The summed E-state index contributed by atoms with van der Waals surface area (Å²) in [6.07, 6.45) is 2.41. The summed E-state index contributed by atoms with van der Waals surface area (Å²) in [6, 6.07) is 12.7. The van der Waals surface area contributed by atoms with Gasteiger partial charge in [0, 0.05) is 31.0 Å². The Morgan fingerprint density at radius 3 is 2.57 bits per heavy atom. The molecule has 1 aliphatic rings. The first-order chi connectivity index (χ1) is 14.3. The molecule has 0 saturated carbocycles. The molecule has 1 aromatic heterocycles. The summed E-state index contributed by atoms with van der Waals surface area (Å²) in [4.78, 5) is 14.6. The van der Waals surface area contributed by atoms with Crippen molar-refractivity contribution in [1.29, 1.82) is 0 Å². The van der Waals surface area contributed by atoms with Crippen molar-refractivity contribution in [3.05, 3.63) is 93.3 Å². The number of nitrogens with zero attached hydrogens (tertiary/aromatic N) is 1. The maximum absolute atomic E-state index is 13.9. The largest absolute Gasteiger partial charge is 0.482 e. The van der Waals surface area contributed by atoms with Crippen LogP contribution in [0.4, 0.5) is 4.39 Å². The highest BCUT2D eigenvalue weighted by atomic mass is 32.2. The number of fused-ring (bicyclic) bond motifs is 1. The van der Waals surface area contributed by atoms with Crippen molar-refractivity contribution < 1.29 is 22.0 Å². The van der Waals surface area contributed by atoms with Crippen LogP contribution in [0.15, 0.2) is 68.9 Å². The van der Waals surface area contributed by atoms with E-state index in [4.69, 9.17) is 9.15 Å². The Kier molecular flexibility index (Phi) is 5.44. The maximum Gasteiger partial charge on any atom is 0.227 e. The minimum Gasteiger partial charge on any atom is -0.482 e. The summed E-state index contributed by atoms with van der Waals surface area (Å²) >= 11 is 0. The average Bonchev–Trinajstić information content (AvgIpc) is 3.11. The van der Waals surface area contributed by atoms with Gasteiger partial charge in [-0.15, -0.1) is 0 Å². The van der Waals surface area contributed by atoms with Gasteiger partial charge in [0.05, 0.1) is 11.4 Å². The SMILES string of the molecule is CS(=O)(=O)c1ccc(COc2coc(CN3Cc4cccc(F)c4C3)cc2=O)cc1. The lowest BCUT2D eigenvalue weighted by Crippen LogP contribution is -2.17. The summed E-state index contributed by atoms with van der Waals surface area (Å²) in [5, 5.41) is 0. The van der Waals surface area contributed by atoms with Crippen LogP contribution in [0.25, 0.3) is 0 Å². The Bertz CT molecular complexity index is 1240. The molecule has 0 N–H and O–H groups in total. The molecule has 2 heterocycles. The Balaban J connectivity index is 1.38. The molecule has 0 spiro atoms. The third-order valence-electron chi connectivity index (χ3n) is 4.97. The van der Waals surface area contributed by atoms with E-state index in [-0.39, 0.29) is 28.5 Å². The Morgan fingerprint density at radius 2 is 1.90 bits per heavy atom. The van der Waals surface area contributed by atoms with Crippen LogP contribution in [0.5, 0.6) is 5.75 Å². The van der Waals surface area contributed by atoms with Gasteiger partial charge in [0.2, 0.25) is 11.2 Å². The van der Waals surface area contributed by atoms with Gasteiger partial charge in [-0.2, -0.15) is 0 Å². The van der Waals surface area contributed by atoms with Crippen LogP contribution in [0, 0.1) is 5.82 Å². The minimum atomic E-state index is -3.26. The van der Waals surface area contributed by atoms with Gasteiger partial charge >= 0.3 is 0 Å². The Hall–Kier alpha value is -2.97. The van der Waals surface area contributed by atoms with Crippen molar-refractivity contribution in [3.63, 3.8) is 0 Å². The zero-order valence-corrected chi connectivity index (χ0v) is 17.1. The van der Waals surface area contributed by atoms with Crippen LogP contribution in [0.2, 0.25) is 0 Å². The first-order valence-corrected chi connectivity index (χ1v) is 11.2. The molecule has 0 fully saturated rings. The molecule has 3 aromatic rings. The van der Waals surface area contributed by atoms with E-state index in [1.54, 1.807) is 18.2 Å². The molecule has 2 aromatic carbocycles. The van der Waals surface area contributed by atoms with E-state index >= 15 is 0 Å². The molecule has 0 radical (unpaired) electrons. The molecule has 156 valence electrons. The molecule has 0 amide bonds. The van der Waals surface area contributed by atoms with Crippen molar-refractivity contribution in [2.24, 2.45) is 0 Å². The molecular formula is C22H20FNO5S. The van der Waals surface area contributed by atoms with E-state index in [9.17, 15) is 17.6 Å². The van der Waals surface area contributed by atoms with Gasteiger partial charge < -0.3 is 9.15 Å². The Morgan fingerprint density at radius 1 is 1.13 bits per heavy atom. The van der Waals surface area contributed by atoms with Crippen molar-refractivity contribution >= 4 is 9.84 Å². The van der Waals surface area contributed by atoms with Crippen LogP contribution in [0.1, 0.15) is 22.5 Å². The highest BCUT2D eigenvalue weighted by Crippen LogP contribution is 2.26. The van der Waals surface area contributed by atoms with Crippen molar-refractivity contribution in [2.75, 3.05) is 6.26 Å². The third-order valence-corrected chi connectivity index (χ3v) is 6.10. The number of hydrogen-bond acceptors (Lipinski definition) is 6. The molecular weight excluding hydrogens is 409 g/mol. The van der Waals surface area contributed by atoms with Crippen molar-refractivity contribution in [1.82, 2.24) is 4.90 Å². The average molecular weight is 429 g/mol. The normalized spacial score (nSPS) is 13.9. The highest BCUT2D eigenvalue weighted by molar-refractivity contribution is 7.90. The second kappa shape index (κ2) is 8.04. The molecule has 0 unspecified atom stereocenters. The molecule has 4 rings (SSSR count). The number of hydrogen-bond donors (Lipinski definition) is 0. The summed E-state index contributed by atoms with van der Waals surface area (Å²) in [5.41, 5.74) is 2.04. The van der Waals surface area contributed by atoms with Crippen LogP contribution in [0.3, 0.4) is 0 Å². The standard InChI is InChI=1S/C22H20FNO5S/c1-30(26,27)18-7-5-15(6-8-18)13-29-22-14-28-17(9-21(22)25)11-24-10-16-3-2-4-20(23)19(16)12-24/h2-9,14H,10-13H2,1H3. The fraction of sp³-hybridized carbons (Fsp3) is 0.227. The van der Waals surface area contributed by atoms with Crippen molar-refractivity contribution in [2.45, 2.75) is 31.1 Å². The fourth-order valence-electron chi connectivity index (χ4n) is 3.40. The quantitative estimate of drug-likeness (QED) is 0.599. The maximum atomic E-state index is 13.9. The second-order valence-electron chi connectivity index (χ2n) is 7.30. The zero-order chi connectivity index (χ0) is 21.3. The van der Waals surface area contributed by atoms with Gasteiger partial charge in [-0.25, -0.2) is 12.8 Å². The predicted molar refractivity (Wildman–Crippen MR) is 108 cm³/mol. The first kappa shape index (κ1) is 20.3. The molecule has 0 bridgehead atoms. The first-order valence-electron chi connectivity index (χ1n) is 9.32. The lowest BCUT2D eigenvalue weighted by Gasteiger charge is -2.14. The number of rotatable bonds is 6. The van der Waals surface area contributed by atoms with Gasteiger partial charge in [-0.1, -0.05) is 24.3 Å². The monoisotopic (exact) mass is 429 g/mol. The topological polar surface area (TPSA) is 76.8 Å². The molecule has 0 atom stereocenters. The number of halogens is 1. The molecule has 1 aliphatic heterocycles. The highest BCUT2D eigenvalue weighted by Gasteiger charge is 2.22. The lowest BCUT2D eigenvalue weighted by atomic mass is 10.1. The van der Waals surface area contributed by atoms with Crippen LogP contribution >= 0.6 is 0 Å². The third kappa shape index (κ3) is 4.44. The molecule has 30 heavy (non-hydrogen) atoms. The van der Waals surface area contributed by atoms with E-state index < -0.39 is 9.84 Å². The summed E-state index contributed by atoms with van der Waals surface area (Å²) < 4.78 is 47.9. The van der Waals surface area contributed by atoms with Gasteiger partial charge in [0.1, 0.15) is 24.4 Å². The van der Waals surface area contributed by atoms with Gasteiger partial charge in [-0.3, -0.25) is 9.69 Å². The number of ether oxygens (including phenoxy) is 1. The second-order valence-corrected chi connectivity index (χ2v) is 9.32. The minimum absolute atomic E-state index is 0.0710. The number of benzene rings is 2. The molecule has 6 nitrogen and oxygen atoms in total. The Labute approximate surface area is 173 Å². The number of sulfone groups is 1. The van der Waals surface area contributed by atoms with E-state index in [0.717, 1.165) is 17.4 Å². The fourth-order valence-corrected chi connectivity index (χ4v) is 4.03. The molecule has 0 aliphatic carbocycles. The van der Waals surface area contributed by atoms with Gasteiger partial charge in [0.15, 0.2) is 9.84 Å². The van der Waals surface area contributed by atoms with Gasteiger partial charge in [-0.05, 0) is 29.3 Å². The molecule has 0 saturated heterocycles. The van der Waals surface area contributed by atoms with E-state index in [1.807, 2.05) is 11.0 Å². The van der Waals surface area contributed by atoms with Crippen LogP contribution in [-0.2, 0) is 36.1 Å². The summed E-state index contributed by atoms with van der Waals surface area (Å²) in [5.74, 6) is 0.324. The molecule has 8 heteroatoms. The van der Waals surface area contributed by atoms with Gasteiger partial charge in [0.25, 0.3) is 0 Å². The predicted octanol–water partition coefficient (Wildman–Crippen LogP) is 3.28. The smallest absolute Gasteiger partial charge is 0.227 e. The van der Waals surface area contributed by atoms with Crippen molar-refractivity contribution in [3.8, 4) is 5.75 Å². The van der Waals surface area contributed by atoms with E-state index in [2.05, 4.69) is 0 Å². The van der Waals surface area contributed by atoms with E-state index in [0.29, 0.717) is 31.0 Å².